The van der Waals surface area contributed by atoms with Crippen molar-refractivity contribution in [3.8, 4) is 0 Å². The first-order valence-corrected chi connectivity index (χ1v) is 10.5. The second kappa shape index (κ2) is 9.30. The van der Waals surface area contributed by atoms with Crippen molar-refractivity contribution in [2.24, 2.45) is 0 Å². The van der Waals surface area contributed by atoms with Gasteiger partial charge in [-0.1, -0.05) is 11.6 Å². The molecule has 2 N–H and O–H groups in total. The van der Waals surface area contributed by atoms with Crippen molar-refractivity contribution in [1.29, 1.82) is 0 Å². The van der Waals surface area contributed by atoms with Crippen LogP contribution in [0.3, 0.4) is 0 Å². The van der Waals surface area contributed by atoms with Crippen LogP contribution in [0.1, 0.15) is 33.9 Å². The Morgan fingerprint density at radius 3 is 2.61 bits per heavy atom. The molecule has 0 spiro atoms. The van der Waals surface area contributed by atoms with E-state index in [9.17, 15) is 18.4 Å². The number of nitrogens with zero attached hydrogens (tertiary/aromatic N) is 1. The predicted octanol–water partition coefficient (Wildman–Crippen LogP) is 3.31. The van der Waals surface area contributed by atoms with Crippen molar-refractivity contribution in [2.45, 2.75) is 18.9 Å². The van der Waals surface area contributed by atoms with Gasteiger partial charge in [-0.05, 0) is 48.7 Å². The second-order valence-electron chi connectivity index (χ2n) is 7.62. The van der Waals surface area contributed by atoms with Crippen LogP contribution in [-0.4, -0.2) is 49.6 Å². The lowest BCUT2D eigenvalue weighted by atomic mass is 10.0. The van der Waals surface area contributed by atoms with Gasteiger partial charge in [0.2, 0.25) is 5.91 Å². The van der Waals surface area contributed by atoms with Gasteiger partial charge < -0.3 is 15.4 Å². The van der Waals surface area contributed by atoms with Crippen LogP contribution in [0, 0.1) is 11.6 Å². The highest BCUT2D eigenvalue weighted by Gasteiger charge is 2.31. The van der Waals surface area contributed by atoms with E-state index in [0.717, 1.165) is 6.07 Å². The molecule has 0 radical (unpaired) electrons. The van der Waals surface area contributed by atoms with Gasteiger partial charge in [-0.15, -0.1) is 0 Å². The Bertz CT molecular complexity index is 1010. The molecule has 1 atom stereocenters. The normalized spacial score (nSPS) is 18.5. The summed E-state index contributed by atoms with van der Waals surface area (Å²) < 4.78 is 33.3. The van der Waals surface area contributed by atoms with Crippen molar-refractivity contribution < 1.29 is 23.1 Å². The van der Waals surface area contributed by atoms with Crippen LogP contribution in [0.4, 0.5) is 14.5 Å². The van der Waals surface area contributed by atoms with Crippen molar-refractivity contribution in [3.63, 3.8) is 0 Å². The second-order valence-corrected chi connectivity index (χ2v) is 8.02. The Kier molecular flexibility index (Phi) is 6.50. The van der Waals surface area contributed by atoms with E-state index >= 15 is 0 Å². The molecule has 9 heteroatoms. The number of hydrogen-bond donors (Lipinski definition) is 2. The number of rotatable bonds is 5. The molecule has 1 saturated heterocycles. The van der Waals surface area contributed by atoms with Gasteiger partial charge in [-0.3, -0.25) is 14.5 Å². The number of carbonyl (C=O) groups excluding carboxylic acids is 2. The number of fused-ring (bicyclic) bond motifs is 1. The smallest absolute Gasteiger partial charge is 0.255 e. The van der Waals surface area contributed by atoms with Crippen LogP contribution in [0.25, 0.3) is 0 Å². The highest BCUT2D eigenvalue weighted by atomic mass is 35.5. The van der Waals surface area contributed by atoms with E-state index in [-0.39, 0.29) is 17.5 Å². The molecule has 2 amide bonds. The molecule has 31 heavy (non-hydrogen) atoms. The van der Waals surface area contributed by atoms with E-state index in [1.807, 2.05) is 4.90 Å². The van der Waals surface area contributed by atoms with Crippen LogP contribution in [0.15, 0.2) is 30.3 Å². The summed E-state index contributed by atoms with van der Waals surface area (Å²) in [5.41, 5.74) is 1.58. The molecule has 6 nitrogen and oxygen atoms in total. The zero-order chi connectivity index (χ0) is 22.0. The Labute approximate surface area is 183 Å². The first-order valence-electron chi connectivity index (χ1n) is 10.1. The van der Waals surface area contributed by atoms with E-state index in [1.165, 1.54) is 24.3 Å². The monoisotopic (exact) mass is 449 g/mol. The first-order chi connectivity index (χ1) is 14.9. The van der Waals surface area contributed by atoms with Crippen molar-refractivity contribution >= 4 is 29.1 Å². The summed E-state index contributed by atoms with van der Waals surface area (Å²) in [7, 11) is 0. The van der Waals surface area contributed by atoms with Gasteiger partial charge in [0.15, 0.2) is 0 Å². The number of benzene rings is 2. The summed E-state index contributed by atoms with van der Waals surface area (Å²) in [4.78, 5) is 27.3. The number of anilines is 1. The summed E-state index contributed by atoms with van der Waals surface area (Å²) in [6.07, 6.45) is 0.969. The SMILES string of the molecule is O=C(CN1CCOCC1)N[C@H]1CCc2c(C(=O)Nc3ccc(F)c(Cl)c3)ccc(F)c21. The molecule has 4 rings (SSSR count). The largest absolute Gasteiger partial charge is 0.379 e. The van der Waals surface area contributed by atoms with Crippen molar-refractivity contribution in [2.75, 3.05) is 38.2 Å². The minimum Gasteiger partial charge on any atom is -0.379 e. The zero-order valence-corrected chi connectivity index (χ0v) is 17.5. The summed E-state index contributed by atoms with van der Waals surface area (Å²) >= 11 is 5.77. The molecule has 0 bridgehead atoms. The number of ether oxygens (including phenoxy) is 1. The standard InChI is InChI=1S/C22H22ClF2N3O3/c23-16-11-13(1-4-17(16)24)26-22(30)15-2-5-18(25)21-14(15)3-6-19(21)27-20(29)12-28-7-9-31-10-8-28/h1-2,4-5,11,19H,3,6-10,12H2,(H,26,30)(H,27,29)/t19-/m0/s1. The lowest BCUT2D eigenvalue weighted by molar-refractivity contribution is -0.124. The molecular formula is C22H22ClF2N3O3. The lowest BCUT2D eigenvalue weighted by Gasteiger charge is -2.26. The zero-order valence-electron chi connectivity index (χ0n) is 16.7. The molecule has 1 aliphatic carbocycles. The highest BCUT2D eigenvalue weighted by molar-refractivity contribution is 6.31. The van der Waals surface area contributed by atoms with E-state index in [0.29, 0.717) is 61.5 Å². The van der Waals surface area contributed by atoms with Gasteiger partial charge in [-0.2, -0.15) is 0 Å². The van der Waals surface area contributed by atoms with Crippen molar-refractivity contribution in [1.82, 2.24) is 10.2 Å². The third-order valence-corrected chi connectivity index (χ3v) is 5.85. The number of morpholine rings is 1. The Balaban J connectivity index is 1.48. The molecule has 0 aromatic heterocycles. The molecule has 0 unspecified atom stereocenters. The first kappa shape index (κ1) is 21.7. The minimum absolute atomic E-state index is 0.106. The summed E-state index contributed by atoms with van der Waals surface area (Å²) in [6.45, 7) is 2.77. The maximum Gasteiger partial charge on any atom is 0.255 e. The molecule has 0 saturated carbocycles. The summed E-state index contributed by atoms with van der Waals surface area (Å²) in [5.74, 6) is -1.67. The molecule has 2 aromatic rings. The fraction of sp³-hybridized carbons (Fsp3) is 0.364. The molecular weight excluding hydrogens is 428 g/mol. The van der Waals surface area contributed by atoms with Crippen LogP contribution in [0.2, 0.25) is 5.02 Å². The van der Waals surface area contributed by atoms with Gasteiger partial charge in [0.05, 0.1) is 30.8 Å². The Morgan fingerprint density at radius 2 is 1.87 bits per heavy atom. The van der Waals surface area contributed by atoms with Gasteiger partial charge >= 0.3 is 0 Å². The average Bonchev–Trinajstić information content (AvgIpc) is 3.16. The van der Waals surface area contributed by atoms with Crippen LogP contribution in [0.5, 0.6) is 0 Å². The molecule has 2 aromatic carbocycles. The fourth-order valence-corrected chi connectivity index (χ4v) is 4.23. The quantitative estimate of drug-likeness (QED) is 0.734. The topological polar surface area (TPSA) is 70.7 Å². The van der Waals surface area contributed by atoms with Gasteiger partial charge in [0, 0.05) is 29.9 Å². The maximum atomic E-state index is 14.6. The van der Waals surface area contributed by atoms with Crippen molar-refractivity contribution in [3.05, 3.63) is 63.7 Å². The fourth-order valence-electron chi connectivity index (χ4n) is 4.05. The Morgan fingerprint density at radius 1 is 1.13 bits per heavy atom. The average molecular weight is 450 g/mol. The minimum atomic E-state index is -0.585. The lowest BCUT2D eigenvalue weighted by Crippen LogP contribution is -2.43. The van der Waals surface area contributed by atoms with Crippen LogP contribution in [-0.2, 0) is 16.0 Å². The van der Waals surface area contributed by atoms with E-state index < -0.39 is 23.6 Å². The number of halogens is 3. The van der Waals surface area contributed by atoms with Crippen LogP contribution >= 0.6 is 11.6 Å². The number of amides is 2. The maximum absolute atomic E-state index is 14.6. The van der Waals surface area contributed by atoms with Gasteiger partial charge in [0.25, 0.3) is 5.91 Å². The summed E-state index contributed by atoms with van der Waals surface area (Å²) in [6, 6.07) is 6.04. The van der Waals surface area contributed by atoms with Gasteiger partial charge in [0.1, 0.15) is 11.6 Å². The molecule has 164 valence electrons. The third-order valence-electron chi connectivity index (χ3n) is 5.56. The molecule has 1 fully saturated rings. The third kappa shape index (κ3) is 4.87. The van der Waals surface area contributed by atoms with E-state index in [4.69, 9.17) is 16.3 Å². The summed E-state index contributed by atoms with van der Waals surface area (Å²) in [5, 5.41) is 5.46. The molecule has 2 aliphatic rings. The molecule has 1 aliphatic heterocycles. The number of hydrogen-bond acceptors (Lipinski definition) is 4. The number of nitrogens with one attached hydrogen (secondary N) is 2. The van der Waals surface area contributed by atoms with E-state index in [1.54, 1.807) is 0 Å². The van der Waals surface area contributed by atoms with Gasteiger partial charge in [-0.25, -0.2) is 8.78 Å². The number of carbonyl (C=O) groups is 2. The van der Waals surface area contributed by atoms with Crippen LogP contribution < -0.4 is 10.6 Å². The predicted molar refractivity (Wildman–Crippen MR) is 112 cm³/mol. The molecule has 1 heterocycles. The van der Waals surface area contributed by atoms with E-state index in [2.05, 4.69) is 10.6 Å². The Hall–Kier alpha value is -2.55. The highest BCUT2D eigenvalue weighted by Crippen LogP contribution is 2.36.